The summed E-state index contributed by atoms with van der Waals surface area (Å²) in [7, 11) is 0. The lowest BCUT2D eigenvalue weighted by Crippen LogP contribution is -2.32. The highest BCUT2D eigenvalue weighted by molar-refractivity contribution is 7.99. The highest BCUT2D eigenvalue weighted by Crippen LogP contribution is 2.46. The van der Waals surface area contributed by atoms with E-state index < -0.39 is 0 Å². The van der Waals surface area contributed by atoms with E-state index in [2.05, 4.69) is 44.7 Å². The molecule has 1 aliphatic rings. The monoisotopic (exact) mass is 498 g/mol. The summed E-state index contributed by atoms with van der Waals surface area (Å²) in [5.41, 5.74) is 2.58. The molecule has 34 heavy (non-hydrogen) atoms. The van der Waals surface area contributed by atoms with Crippen molar-refractivity contribution in [3.05, 3.63) is 45.1 Å². The molecule has 0 unspecified atom stereocenters. The number of thiophene rings is 1. The average molecular weight is 499 g/mol. The molecule has 3 nitrogen and oxygen atoms in total. The number of unbranched alkanes of at least 4 members (excludes halogenated alkanes) is 3. The SMILES string of the molecule is CCCCCCSc1cc2c(cc1C#Cc1ccc(CC(=O)OCC)s1)C(CC)(CC)CCO2. The molecule has 0 radical (unpaired) electrons. The number of hydrogen-bond donors (Lipinski definition) is 0. The van der Waals surface area contributed by atoms with Gasteiger partial charge in [0.25, 0.3) is 0 Å². The maximum atomic E-state index is 11.8. The molecule has 2 aromatic rings. The van der Waals surface area contributed by atoms with E-state index in [9.17, 15) is 4.79 Å². The third-order valence-electron chi connectivity index (χ3n) is 6.71. The molecule has 0 atom stereocenters. The number of hydrogen-bond acceptors (Lipinski definition) is 5. The predicted octanol–water partition coefficient (Wildman–Crippen LogP) is 7.77. The van der Waals surface area contributed by atoms with E-state index in [4.69, 9.17) is 9.47 Å². The number of benzene rings is 1. The van der Waals surface area contributed by atoms with Crippen molar-refractivity contribution in [2.75, 3.05) is 19.0 Å². The van der Waals surface area contributed by atoms with Crippen molar-refractivity contribution in [1.29, 1.82) is 0 Å². The molecule has 2 heterocycles. The Hall–Kier alpha value is -1.90. The summed E-state index contributed by atoms with van der Waals surface area (Å²) in [6.45, 7) is 9.86. The van der Waals surface area contributed by atoms with Gasteiger partial charge in [0.15, 0.2) is 0 Å². The molecule has 0 saturated heterocycles. The number of thioether (sulfide) groups is 1. The van der Waals surface area contributed by atoms with Gasteiger partial charge in [0, 0.05) is 26.3 Å². The molecule has 1 aromatic carbocycles. The van der Waals surface area contributed by atoms with Gasteiger partial charge in [-0.3, -0.25) is 4.79 Å². The summed E-state index contributed by atoms with van der Waals surface area (Å²) in [5.74, 6) is 8.81. The Balaban J connectivity index is 1.88. The molecule has 0 saturated carbocycles. The van der Waals surface area contributed by atoms with E-state index in [0.29, 0.717) is 13.0 Å². The highest BCUT2D eigenvalue weighted by Gasteiger charge is 2.35. The molecular weight excluding hydrogens is 460 g/mol. The topological polar surface area (TPSA) is 35.5 Å². The molecule has 0 bridgehead atoms. The van der Waals surface area contributed by atoms with E-state index in [1.165, 1.54) is 36.1 Å². The molecule has 184 valence electrons. The minimum Gasteiger partial charge on any atom is -0.493 e. The minimum atomic E-state index is -0.184. The van der Waals surface area contributed by atoms with Crippen molar-refractivity contribution in [2.45, 2.75) is 89.4 Å². The van der Waals surface area contributed by atoms with Gasteiger partial charge in [-0.05, 0) is 62.6 Å². The summed E-state index contributed by atoms with van der Waals surface area (Å²) < 4.78 is 11.2. The first-order chi connectivity index (χ1) is 16.5. The van der Waals surface area contributed by atoms with Crippen molar-refractivity contribution in [3.63, 3.8) is 0 Å². The molecule has 0 amide bonds. The summed E-state index contributed by atoms with van der Waals surface area (Å²) in [6.07, 6.45) is 8.64. The van der Waals surface area contributed by atoms with Crippen LogP contribution in [0.25, 0.3) is 0 Å². The number of carbonyl (C=O) groups is 1. The first-order valence-corrected chi connectivity index (χ1v) is 14.6. The molecule has 0 spiro atoms. The lowest BCUT2D eigenvalue weighted by molar-refractivity contribution is -0.142. The van der Waals surface area contributed by atoms with Gasteiger partial charge in [0.05, 0.1) is 24.5 Å². The molecule has 5 heteroatoms. The van der Waals surface area contributed by atoms with E-state index in [1.807, 2.05) is 30.8 Å². The van der Waals surface area contributed by atoms with Crippen LogP contribution in [0.3, 0.4) is 0 Å². The molecular formula is C29H38O3S2. The first-order valence-electron chi connectivity index (χ1n) is 12.8. The van der Waals surface area contributed by atoms with Crippen LogP contribution >= 0.6 is 23.1 Å². The summed E-state index contributed by atoms with van der Waals surface area (Å²) in [5, 5.41) is 0. The number of ether oxygens (including phenoxy) is 2. The van der Waals surface area contributed by atoms with Crippen LogP contribution in [0.2, 0.25) is 0 Å². The molecule has 0 aliphatic carbocycles. The Morgan fingerprint density at radius 1 is 1.12 bits per heavy atom. The van der Waals surface area contributed by atoms with Gasteiger partial charge in [-0.15, -0.1) is 23.1 Å². The van der Waals surface area contributed by atoms with Crippen LogP contribution in [0.15, 0.2) is 29.2 Å². The molecule has 0 N–H and O–H groups in total. The minimum absolute atomic E-state index is 0.171. The van der Waals surface area contributed by atoms with E-state index >= 15 is 0 Å². The van der Waals surface area contributed by atoms with Crippen LogP contribution in [0, 0.1) is 11.8 Å². The number of esters is 1. The fourth-order valence-corrected chi connectivity index (χ4v) is 6.39. The molecule has 3 rings (SSSR count). The Morgan fingerprint density at radius 3 is 2.68 bits per heavy atom. The fraction of sp³-hybridized carbons (Fsp3) is 0.552. The largest absolute Gasteiger partial charge is 0.493 e. The lowest BCUT2D eigenvalue weighted by atomic mass is 9.71. The van der Waals surface area contributed by atoms with Crippen LogP contribution in [0.4, 0.5) is 0 Å². The Labute approximate surface area is 214 Å². The van der Waals surface area contributed by atoms with Crippen LogP contribution < -0.4 is 4.74 Å². The third-order valence-corrected chi connectivity index (χ3v) is 8.85. The van der Waals surface area contributed by atoms with Gasteiger partial charge in [0.2, 0.25) is 0 Å². The standard InChI is InChI=1S/C29H38O3S2/c1-5-9-10-11-18-33-27-21-26-25(29(6-2,7-3)16-17-32-26)19-22(27)12-13-23-14-15-24(34-23)20-28(30)31-8-4/h14-15,19,21H,5-11,16-18,20H2,1-4H3. The molecule has 0 fully saturated rings. The van der Waals surface area contributed by atoms with Crippen LogP contribution in [-0.4, -0.2) is 24.9 Å². The van der Waals surface area contributed by atoms with Crippen molar-refractivity contribution < 1.29 is 14.3 Å². The van der Waals surface area contributed by atoms with E-state index in [0.717, 1.165) is 52.7 Å². The Bertz CT molecular complexity index is 1010. The predicted molar refractivity (Wildman–Crippen MR) is 144 cm³/mol. The second-order valence-electron chi connectivity index (χ2n) is 8.84. The number of fused-ring (bicyclic) bond motifs is 1. The van der Waals surface area contributed by atoms with Gasteiger partial charge in [-0.2, -0.15) is 0 Å². The van der Waals surface area contributed by atoms with Gasteiger partial charge in [-0.1, -0.05) is 51.9 Å². The quantitative estimate of drug-likeness (QED) is 0.137. The normalized spacial score (nSPS) is 14.0. The highest BCUT2D eigenvalue weighted by atomic mass is 32.2. The van der Waals surface area contributed by atoms with Gasteiger partial charge in [0.1, 0.15) is 5.75 Å². The van der Waals surface area contributed by atoms with Crippen molar-refractivity contribution in [1.82, 2.24) is 0 Å². The first kappa shape index (κ1) is 26.7. The zero-order valence-electron chi connectivity index (χ0n) is 21.1. The van der Waals surface area contributed by atoms with E-state index in [1.54, 1.807) is 11.3 Å². The zero-order chi connectivity index (χ0) is 24.4. The van der Waals surface area contributed by atoms with Crippen LogP contribution in [0.5, 0.6) is 5.75 Å². The Kier molecular flexibility index (Phi) is 10.4. The second kappa shape index (κ2) is 13.3. The summed E-state index contributed by atoms with van der Waals surface area (Å²) >= 11 is 3.47. The maximum absolute atomic E-state index is 11.8. The Morgan fingerprint density at radius 2 is 1.94 bits per heavy atom. The second-order valence-corrected chi connectivity index (χ2v) is 11.1. The van der Waals surface area contributed by atoms with Crippen molar-refractivity contribution in [2.24, 2.45) is 0 Å². The summed E-state index contributed by atoms with van der Waals surface area (Å²) in [4.78, 5) is 15.0. The maximum Gasteiger partial charge on any atom is 0.311 e. The summed E-state index contributed by atoms with van der Waals surface area (Å²) in [6, 6.07) is 8.53. The van der Waals surface area contributed by atoms with Gasteiger partial charge >= 0.3 is 5.97 Å². The average Bonchev–Trinajstić information content (AvgIpc) is 3.29. The van der Waals surface area contributed by atoms with Crippen molar-refractivity contribution in [3.8, 4) is 17.6 Å². The lowest BCUT2D eigenvalue weighted by Gasteiger charge is -2.38. The molecule has 1 aromatic heterocycles. The smallest absolute Gasteiger partial charge is 0.311 e. The van der Waals surface area contributed by atoms with Gasteiger partial charge in [-0.25, -0.2) is 0 Å². The van der Waals surface area contributed by atoms with E-state index in [-0.39, 0.29) is 11.4 Å². The molecule has 1 aliphatic heterocycles. The van der Waals surface area contributed by atoms with Crippen LogP contribution in [-0.2, 0) is 21.4 Å². The third kappa shape index (κ3) is 6.83. The number of rotatable bonds is 11. The zero-order valence-corrected chi connectivity index (χ0v) is 22.8. The van der Waals surface area contributed by atoms with Gasteiger partial charge < -0.3 is 9.47 Å². The van der Waals surface area contributed by atoms with Crippen LogP contribution in [0.1, 0.15) is 93.5 Å². The number of carbonyl (C=O) groups excluding carboxylic acids is 1. The van der Waals surface area contributed by atoms with Crippen molar-refractivity contribution >= 4 is 29.1 Å². The fourth-order valence-electron chi connectivity index (χ4n) is 4.52.